The van der Waals surface area contributed by atoms with Gasteiger partial charge in [0.1, 0.15) is 0 Å². The highest BCUT2D eigenvalue weighted by atomic mass is 32.2. The zero-order chi connectivity index (χ0) is 13.1. The average Bonchev–Trinajstić information content (AvgIpc) is 2.76. The molecular formula is C13H18N2O2S. The summed E-state index contributed by atoms with van der Waals surface area (Å²) in [4.78, 5) is 10.9. The van der Waals surface area contributed by atoms with E-state index in [1.807, 2.05) is 11.8 Å². The minimum absolute atomic E-state index is 0.161. The second-order valence-electron chi connectivity index (χ2n) is 4.62. The lowest BCUT2D eigenvalue weighted by molar-refractivity contribution is 0.0698. The lowest BCUT2D eigenvalue weighted by Gasteiger charge is -2.15. The molecule has 2 rings (SSSR count). The van der Waals surface area contributed by atoms with Gasteiger partial charge in [-0.1, -0.05) is 0 Å². The number of anilines is 2. The molecule has 1 aliphatic carbocycles. The van der Waals surface area contributed by atoms with Crippen molar-refractivity contribution in [3.05, 3.63) is 23.8 Å². The number of benzene rings is 1. The Morgan fingerprint density at radius 2 is 2.28 bits per heavy atom. The van der Waals surface area contributed by atoms with E-state index >= 15 is 0 Å². The average molecular weight is 266 g/mol. The highest BCUT2D eigenvalue weighted by Gasteiger charge is 2.23. The van der Waals surface area contributed by atoms with Crippen LogP contribution >= 0.6 is 11.8 Å². The fraction of sp³-hybridized carbons (Fsp3) is 0.462. The fourth-order valence-corrected chi connectivity index (χ4v) is 3.16. The van der Waals surface area contributed by atoms with Crippen LogP contribution in [0.2, 0.25) is 0 Å². The van der Waals surface area contributed by atoms with Crippen molar-refractivity contribution in [2.45, 2.75) is 30.6 Å². The SMILES string of the molecule is CSC1CCC(Nc2ccc(C(=O)O)c(N)c2)C1. The van der Waals surface area contributed by atoms with Gasteiger partial charge in [0.25, 0.3) is 0 Å². The van der Waals surface area contributed by atoms with Crippen molar-refractivity contribution in [2.24, 2.45) is 0 Å². The van der Waals surface area contributed by atoms with Crippen molar-refractivity contribution < 1.29 is 9.90 Å². The summed E-state index contributed by atoms with van der Waals surface area (Å²) in [5, 5.41) is 13.1. The molecule has 4 N–H and O–H groups in total. The van der Waals surface area contributed by atoms with Gasteiger partial charge >= 0.3 is 5.97 Å². The Kier molecular flexibility index (Phi) is 4.01. The molecule has 0 bridgehead atoms. The summed E-state index contributed by atoms with van der Waals surface area (Å²) in [5.74, 6) is -0.984. The van der Waals surface area contributed by atoms with Crippen LogP contribution in [0.25, 0.3) is 0 Å². The number of rotatable bonds is 4. The minimum Gasteiger partial charge on any atom is -0.478 e. The zero-order valence-corrected chi connectivity index (χ0v) is 11.2. The van der Waals surface area contributed by atoms with Gasteiger partial charge in [-0.15, -0.1) is 0 Å². The fourth-order valence-electron chi connectivity index (χ4n) is 2.37. The van der Waals surface area contributed by atoms with Gasteiger partial charge in [-0.2, -0.15) is 11.8 Å². The molecule has 98 valence electrons. The van der Waals surface area contributed by atoms with Crippen LogP contribution < -0.4 is 11.1 Å². The molecule has 5 heteroatoms. The van der Waals surface area contributed by atoms with Gasteiger partial charge in [0, 0.05) is 22.7 Å². The largest absolute Gasteiger partial charge is 0.478 e. The topological polar surface area (TPSA) is 75.3 Å². The van der Waals surface area contributed by atoms with Crippen LogP contribution in [0.15, 0.2) is 18.2 Å². The summed E-state index contributed by atoms with van der Waals surface area (Å²) in [6.45, 7) is 0. The molecule has 0 spiro atoms. The summed E-state index contributed by atoms with van der Waals surface area (Å²) in [7, 11) is 0. The molecule has 18 heavy (non-hydrogen) atoms. The summed E-state index contributed by atoms with van der Waals surface area (Å²) in [5.41, 5.74) is 7.10. The van der Waals surface area contributed by atoms with E-state index in [1.165, 1.54) is 6.42 Å². The Morgan fingerprint density at radius 3 is 2.83 bits per heavy atom. The van der Waals surface area contributed by atoms with Gasteiger partial charge in [-0.3, -0.25) is 0 Å². The van der Waals surface area contributed by atoms with E-state index in [0.717, 1.165) is 23.8 Å². The van der Waals surface area contributed by atoms with E-state index in [2.05, 4.69) is 11.6 Å². The predicted molar refractivity (Wildman–Crippen MR) is 76.4 cm³/mol. The van der Waals surface area contributed by atoms with Gasteiger partial charge in [0.05, 0.1) is 5.56 Å². The van der Waals surface area contributed by atoms with Crippen LogP contribution in [0.1, 0.15) is 29.6 Å². The Labute approximate surface area is 111 Å². The third-order valence-electron chi connectivity index (χ3n) is 3.37. The van der Waals surface area contributed by atoms with Gasteiger partial charge in [0.2, 0.25) is 0 Å². The Balaban J connectivity index is 2.02. The Bertz CT molecular complexity index is 451. The standard InChI is InChI=1S/C13H18N2O2S/c1-18-10-4-2-8(6-10)15-9-3-5-11(13(16)17)12(14)7-9/h3,5,7-8,10,15H,2,4,6,14H2,1H3,(H,16,17). The van der Waals surface area contributed by atoms with E-state index in [9.17, 15) is 4.79 Å². The normalized spacial score (nSPS) is 22.9. The third-order valence-corrected chi connectivity index (χ3v) is 4.47. The lowest BCUT2D eigenvalue weighted by Crippen LogP contribution is -2.16. The number of hydrogen-bond donors (Lipinski definition) is 3. The van der Waals surface area contributed by atoms with Crippen molar-refractivity contribution in [1.29, 1.82) is 0 Å². The molecule has 0 saturated heterocycles. The number of hydrogen-bond acceptors (Lipinski definition) is 4. The summed E-state index contributed by atoms with van der Waals surface area (Å²) in [6.07, 6.45) is 5.70. The van der Waals surface area contributed by atoms with Crippen LogP contribution in [-0.2, 0) is 0 Å². The molecule has 2 unspecified atom stereocenters. The van der Waals surface area contributed by atoms with Crippen LogP contribution in [-0.4, -0.2) is 28.6 Å². The molecule has 1 aromatic carbocycles. The molecule has 4 nitrogen and oxygen atoms in total. The van der Waals surface area contributed by atoms with E-state index in [-0.39, 0.29) is 5.56 Å². The number of carboxylic acid groups (broad SMARTS) is 1. The number of nitrogens with one attached hydrogen (secondary N) is 1. The predicted octanol–water partition coefficient (Wildman–Crippen LogP) is 2.66. The van der Waals surface area contributed by atoms with Crippen LogP contribution in [0, 0.1) is 0 Å². The smallest absolute Gasteiger partial charge is 0.337 e. The number of carboxylic acids is 1. The zero-order valence-electron chi connectivity index (χ0n) is 10.3. The van der Waals surface area contributed by atoms with Crippen molar-refractivity contribution in [3.63, 3.8) is 0 Å². The maximum Gasteiger partial charge on any atom is 0.337 e. The lowest BCUT2D eigenvalue weighted by atomic mass is 10.1. The van der Waals surface area contributed by atoms with E-state index < -0.39 is 5.97 Å². The molecule has 0 heterocycles. The van der Waals surface area contributed by atoms with Gasteiger partial charge in [0.15, 0.2) is 0 Å². The van der Waals surface area contributed by atoms with E-state index in [0.29, 0.717) is 11.7 Å². The number of nitrogen functional groups attached to an aromatic ring is 1. The molecule has 0 aliphatic heterocycles. The van der Waals surface area contributed by atoms with Crippen molar-refractivity contribution >= 4 is 29.1 Å². The molecular weight excluding hydrogens is 248 g/mol. The first-order chi connectivity index (χ1) is 8.60. The first kappa shape index (κ1) is 13.1. The summed E-state index contributed by atoms with van der Waals surface area (Å²) < 4.78 is 0. The summed E-state index contributed by atoms with van der Waals surface area (Å²) >= 11 is 1.91. The second kappa shape index (κ2) is 5.52. The molecule has 1 saturated carbocycles. The molecule has 1 aliphatic rings. The van der Waals surface area contributed by atoms with Crippen LogP contribution in [0.3, 0.4) is 0 Å². The molecule has 0 aromatic heterocycles. The maximum absolute atomic E-state index is 10.9. The number of thioether (sulfide) groups is 1. The first-order valence-electron chi connectivity index (χ1n) is 6.02. The molecule has 2 atom stereocenters. The second-order valence-corrected chi connectivity index (χ2v) is 5.76. The third kappa shape index (κ3) is 2.90. The van der Waals surface area contributed by atoms with Crippen molar-refractivity contribution in [1.82, 2.24) is 0 Å². The van der Waals surface area contributed by atoms with Crippen molar-refractivity contribution in [2.75, 3.05) is 17.3 Å². The molecule has 0 amide bonds. The molecule has 1 aromatic rings. The van der Waals surface area contributed by atoms with E-state index in [4.69, 9.17) is 10.8 Å². The Hall–Kier alpha value is -1.36. The Morgan fingerprint density at radius 1 is 1.50 bits per heavy atom. The first-order valence-corrected chi connectivity index (χ1v) is 7.31. The molecule has 0 radical (unpaired) electrons. The quantitative estimate of drug-likeness (QED) is 0.730. The number of nitrogens with two attached hydrogens (primary N) is 1. The van der Waals surface area contributed by atoms with Gasteiger partial charge in [-0.25, -0.2) is 4.79 Å². The molecule has 1 fully saturated rings. The maximum atomic E-state index is 10.9. The van der Waals surface area contributed by atoms with Crippen LogP contribution in [0.4, 0.5) is 11.4 Å². The van der Waals surface area contributed by atoms with Gasteiger partial charge < -0.3 is 16.2 Å². The monoisotopic (exact) mass is 266 g/mol. The van der Waals surface area contributed by atoms with Crippen LogP contribution in [0.5, 0.6) is 0 Å². The van der Waals surface area contributed by atoms with Crippen molar-refractivity contribution in [3.8, 4) is 0 Å². The summed E-state index contributed by atoms with van der Waals surface area (Å²) in [6, 6.07) is 5.51. The number of carbonyl (C=O) groups is 1. The highest BCUT2D eigenvalue weighted by molar-refractivity contribution is 7.99. The van der Waals surface area contributed by atoms with E-state index in [1.54, 1.807) is 18.2 Å². The minimum atomic E-state index is -0.984. The highest BCUT2D eigenvalue weighted by Crippen LogP contribution is 2.30. The van der Waals surface area contributed by atoms with Gasteiger partial charge in [-0.05, 0) is 43.7 Å². The number of aromatic carboxylic acids is 1.